The standard InChI is InChI=1S/C21H25FN2O3S/c1-3-23(4-2)21(25)17-7-13-20(14-8-17)28(26,27)24(19-11-12-19)15-16-5-9-18(22)10-6-16/h5-10,13-14,19H,3-4,11-12,15H2,1-2H3. The molecular weight excluding hydrogens is 379 g/mol. The van der Waals surface area contributed by atoms with Crippen LogP contribution in [0.1, 0.15) is 42.6 Å². The lowest BCUT2D eigenvalue weighted by atomic mass is 10.2. The van der Waals surface area contributed by atoms with Crippen molar-refractivity contribution >= 4 is 15.9 Å². The van der Waals surface area contributed by atoms with E-state index in [0.29, 0.717) is 18.7 Å². The Hall–Kier alpha value is -2.25. The largest absolute Gasteiger partial charge is 0.339 e. The molecule has 150 valence electrons. The fourth-order valence-corrected chi connectivity index (χ4v) is 4.81. The van der Waals surface area contributed by atoms with Gasteiger partial charge < -0.3 is 4.90 Å². The number of carbonyl (C=O) groups excluding carboxylic acids is 1. The lowest BCUT2D eigenvalue weighted by Crippen LogP contribution is -2.33. The highest BCUT2D eigenvalue weighted by atomic mass is 32.2. The van der Waals surface area contributed by atoms with Crippen LogP contribution in [-0.4, -0.2) is 42.7 Å². The van der Waals surface area contributed by atoms with E-state index in [-0.39, 0.29) is 29.2 Å². The van der Waals surface area contributed by atoms with Crippen LogP contribution in [0.25, 0.3) is 0 Å². The van der Waals surface area contributed by atoms with Gasteiger partial charge in [0.05, 0.1) is 4.90 Å². The first-order valence-corrected chi connectivity index (χ1v) is 11.0. The van der Waals surface area contributed by atoms with Gasteiger partial charge >= 0.3 is 0 Å². The highest BCUT2D eigenvalue weighted by Crippen LogP contribution is 2.33. The predicted molar refractivity (Wildman–Crippen MR) is 106 cm³/mol. The van der Waals surface area contributed by atoms with Crippen molar-refractivity contribution in [3.8, 4) is 0 Å². The normalized spacial score (nSPS) is 14.3. The molecule has 1 saturated carbocycles. The van der Waals surface area contributed by atoms with E-state index >= 15 is 0 Å². The van der Waals surface area contributed by atoms with Crippen LogP contribution in [-0.2, 0) is 16.6 Å². The molecule has 0 atom stereocenters. The molecule has 0 unspecified atom stereocenters. The van der Waals surface area contributed by atoms with Gasteiger partial charge in [-0.15, -0.1) is 0 Å². The number of rotatable bonds is 8. The van der Waals surface area contributed by atoms with Crippen molar-refractivity contribution in [2.24, 2.45) is 0 Å². The van der Waals surface area contributed by atoms with E-state index in [9.17, 15) is 17.6 Å². The Bertz CT molecular complexity index is 919. The number of nitrogens with zero attached hydrogens (tertiary/aromatic N) is 2. The van der Waals surface area contributed by atoms with Gasteiger partial charge in [-0.1, -0.05) is 12.1 Å². The third kappa shape index (κ3) is 4.42. The Morgan fingerprint density at radius 1 is 1.00 bits per heavy atom. The van der Waals surface area contributed by atoms with Crippen molar-refractivity contribution < 1.29 is 17.6 Å². The number of amides is 1. The molecule has 0 heterocycles. The summed E-state index contributed by atoms with van der Waals surface area (Å²) in [5.41, 5.74) is 1.21. The number of hydrogen-bond donors (Lipinski definition) is 0. The van der Waals surface area contributed by atoms with Gasteiger partial charge in [-0.25, -0.2) is 12.8 Å². The summed E-state index contributed by atoms with van der Waals surface area (Å²) in [6, 6.07) is 12.0. The van der Waals surface area contributed by atoms with Crippen LogP contribution in [0, 0.1) is 5.82 Å². The van der Waals surface area contributed by atoms with E-state index in [1.54, 1.807) is 29.2 Å². The van der Waals surface area contributed by atoms with Gasteiger partial charge in [0.1, 0.15) is 5.82 Å². The fourth-order valence-electron chi connectivity index (χ4n) is 3.14. The predicted octanol–water partition coefficient (Wildman–Crippen LogP) is 3.66. The zero-order valence-corrected chi connectivity index (χ0v) is 17.0. The van der Waals surface area contributed by atoms with Crippen molar-refractivity contribution in [2.45, 2.75) is 44.2 Å². The second-order valence-corrected chi connectivity index (χ2v) is 8.80. The second-order valence-electron chi connectivity index (χ2n) is 6.91. The maximum atomic E-state index is 13.2. The summed E-state index contributed by atoms with van der Waals surface area (Å²) in [6.45, 7) is 5.21. The number of hydrogen-bond acceptors (Lipinski definition) is 3. The molecule has 0 aliphatic heterocycles. The third-order valence-corrected chi connectivity index (χ3v) is 6.88. The molecule has 0 bridgehead atoms. The summed E-state index contributed by atoms with van der Waals surface area (Å²) in [4.78, 5) is 14.3. The summed E-state index contributed by atoms with van der Waals surface area (Å²) in [5.74, 6) is -0.461. The summed E-state index contributed by atoms with van der Waals surface area (Å²) in [6.07, 6.45) is 1.64. The summed E-state index contributed by atoms with van der Waals surface area (Å²) in [7, 11) is -3.71. The van der Waals surface area contributed by atoms with Crippen LogP contribution in [0.15, 0.2) is 53.4 Å². The molecule has 5 nitrogen and oxygen atoms in total. The molecular formula is C21H25FN2O3S. The molecule has 3 rings (SSSR count). The van der Waals surface area contributed by atoms with E-state index < -0.39 is 10.0 Å². The van der Waals surface area contributed by atoms with E-state index in [2.05, 4.69) is 0 Å². The van der Waals surface area contributed by atoms with Crippen molar-refractivity contribution in [1.82, 2.24) is 9.21 Å². The topological polar surface area (TPSA) is 57.7 Å². The summed E-state index contributed by atoms with van der Waals surface area (Å²) < 4.78 is 41.0. The monoisotopic (exact) mass is 404 g/mol. The van der Waals surface area contributed by atoms with Crippen molar-refractivity contribution in [1.29, 1.82) is 0 Å². The molecule has 1 aliphatic rings. The third-order valence-electron chi connectivity index (χ3n) is 4.96. The van der Waals surface area contributed by atoms with Gasteiger partial charge in [-0.05, 0) is 68.7 Å². The highest BCUT2D eigenvalue weighted by Gasteiger charge is 2.38. The summed E-state index contributed by atoms with van der Waals surface area (Å²) >= 11 is 0. The minimum atomic E-state index is -3.71. The maximum absolute atomic E-state index is 13.2. The van der Waals surface area contributed by atoms with E-state index in [1.807, 2.05) is 13.8 Å². The van der Waals surface area contributed by atoms with Gasteiger partial charge in [-0.3, -0.25) is 4.79 Å². The Morgan fingerprint density at radius 2 is 1.57 bits per heavy atom. The van der Waals surface area contributed by atoms with Gasteiger partial charge in [0.2, 0.25) is 10.0 Å². The van der Waals surface area contributed by atoms with E-state index in [0.717, 1.165) is 18.4 Å². The van der Waals surface area contributed by atoms with Gasteiger partial charge in [0.25, 0.3) is 5.91 Å². The molecule has 7 heteroatoms. The first-order chi connectivity index (χ1) is 13.4. The van der Waals surface area contributed by atoms with Crippen molar-refractivity contribution in [3.63, 3.8) is 0 Å². The molecule has 0 radical (unpaired) electrons. The van der Waals surface area contributed by atoms with Crippen LogP contribution in [0.2, 0.25) is 0 Å². The van der Waals surface area contributed by atoms with Crippen LogP contribution in [0.3, 0.4) is 0 Å². The first-order valence-electron chi connectivity index (χ1n) is 9.52. The average molecular weight is 405 g/mol. The zero-order valence-electron chi connectivity index (χ0n) is 16.1. The van der Waals surface area contributed by atoms with E-state index in [1.165, 1.54) is 28.6 Å². The number of halogens is 1. The lowest BCUT2D eigenvalue weighted by molar-refractivity contribution is 0.0773. The Morgan fingerprint density at radius 3 is 2.07 bits per heavy atom. The fraction of sp³-hybridized carbons (Fsp3) is 0.381. The maximum Gasteiger partial charge on any atom is 0.253 e. The minimum absolute atomic E-state index is 0.0352. The second kappa shape index (κ2) is 8.41. The molecule has 2 aromatic carbocycles. The van der Waals surface area contributed by atoms with Crippen LogP contribution >= 0.6 is 0 Å². The first kappa shape index (κ1) is 20.5. The Labute approximate surface area is 165 Å². The van der Waals surface area contributed by atoms with Crippen molar-refractivity contribution in [3.05, 3.63) is 65.5 Å². The smallest absolute Gasteiger partial charge is 0.253 e. The number of carbonyl (C=O) groups is 1. The highest BCUT2D eigenvalue weighted by molar-refractivity contribution is 7.89. The molecule has 0 aromatic heterocycles. The van der Waals surface area contributed by atoms with Crippen molar-refractivity contribution in [2.75, 3.05) is 13.1 Å². The van der Waals surface area contributed by atoms with Crippen LogP contribution < -0.4 is 0 Å². The Kier molecular flexibility index (Phi) is 6.15. The molecule has 1 fully saturated rings. The van der Waals surface area contributed by atoms with E-state index in [4.69, 9.17) is 0 Å². The SMILES string of the molecule is CCN(CC)C(=O)c1ccc(S(=O)(=O)N(Cc2ccc(F)cc2)C2CC2)cc1. The number of benzene rings is 2. The lowest BCUT2D eigenvalue weighted by Gasteiger charge is -2.22. The van der Waals surface area contributed by atoms with Gasteiger partial charge in [0.15, 0.2) is 0 Å². The molecule has 28 heavy (non-hydrogen) atoms. The van der Waals surface area contributed by atoms with Crippen LogP contribution in [0.5, 0.6) is 0 Å². The quantitative estimate of drug-likeness (QED) is 0.675. The van der Waals surface area contributed by atoms with Gasteiger partial charge in [-0.2, -0.15) is 4.31 Å². The molecule has 1 aliphatic carbocycles. The minimum Gasteiger partial charge on any atom is -0.339 e. The molecule has 0 spiro atoms. The number of sulfonamides is 1. The summed E-state index contributed by atoms with van der Waals surface area (Å²) in [5, 5.41) is 0. The average Bonchev–Trinajstić information content (AvgIpc) is 3.53. The molecule has 0 N–H and O–H groups in total. The molecule has 0 saturated heterocycles. The Balaban J connectivity index is 1.83. The zero-order chi connectivity index (χ0) is 20.3. The van der Waals surface area contributed by atoms with Crippen LogP contribution in [0.4, 0.5) is 4.39 Å². The van der Waals surface area contributed by atoms with Gasteiger partial charge in [0, 0.05) is 31.2 Å². The molecule has 1 amide bonds. The molecule has 2 aromatic rings.